The average Bonchev–Trinajstić information content (AvgIpc) is 2.53. The number of nitrogens with zero attached hydrogens (tertiary/aromatic N) is 1. The van der Waals surface area contributed by atoms with Crippen LogP contribution in [0.1, 0.15) is 30.0 Å². The molecule has 1 aromatic carbocycles. The van der Waals surface area contributed by atoms with E-state index >= 15 is 0 Å². The standard InChI is InChI=1S/C14H17NO3/c1-8-4-11(5-9(2)13(8)17)7-15-12(16)6-10(3)14(15)18/h4-5,10,17H,6-7H2,1-3H3. The van der Waals surface area contributed by atoms with E-state index in [0.29, 0.717) is 13.0 Å². The van der Waals surface area contributed by atoms with Crippen LogP contribution in [-0.2, 0) is 16.1 Å². The SMILES string of the molecule is Cc1cc(CN2C(=O)CC(C)C2=O)cc(C)c1O. The monoisotopic (exact) mass is 247 g/mol. The van der Waals surface area contributed by atoms with Crippen molar-refractivity contribution in [3.05, 3.63) is 28.8 Å². The lowest BCUT2D eigenvalue weighted by Crippen LogP contribution is -2.29. The van der Waals surface area contributed by atoms with Gasteiger partial charge in [0.1, 0.15) is 5.75 Å². The van der Waals surface area contributed by atoms with E-state index in [9.17, 15) is 14.7 Å². The zero-order chi connectivity index (χ0) is 13.4. The van der Waals surface area contributed by atoms with E-state index in [4.69, 9.17) is 0 Å². The molecule has 0 aliphatic carbocycles. The Morgan fingerprint density at radius 1 is 1.28 bits per heavy atom. The summed E-state index contributed by atoms with van der Waals surface area (Å²) in [5.41, 5.74) is 2.40. The first-order valence-corrected chi connectivity index (χ1v) is 6.03. The van der Waals surface area contributed by atoms with E-state index in [2.05, 4.69) is 0 Å². The highest BCUT2D eigenvalue weighted by atomic mass is 16.3. The number of aromatic hydroxyl groups is 1. The first-order valence-electron chi connectivity index (χ1n) is 6.03. The summed E-state index contributed by atoms with van der Waals surface area (Å²) in [6.45, 7) is 5.68. The van der Waals surface area contributed by atoms with Crippen molar-refractivity contribution in [3.63, 3.8) is 0 Å². The number of rotatable bonds is 2. The third-order valence-corrected chi connectivity index (χ3v) is 3.36. The lowest BCUT2D eigenvalue weighted by Gasteiger charge is -2.16. The number of hydrogen-bond acceptors (Lipinski definition) is 3. The minimum absolute atomic E-state index is 0.108. The molecule has 1 N–H and O–H groups in total. The number of carbonyl (C=O) groups excluding carboxylic acids is 2. The number of hydrogen-bond donors (Lipinski definition) is 1. The van der Waals surface area contributed by atoms with E-state index in [1.165, 1.54) is 4.90 Å². The predicted octanol–water partition coefficient (Wildman–Crippen LogP) is 1.90. The second-order valence-corrected chi connectivity index (χ2v) is 5.00. The van der Waals surface area contributed by atoms with Crippen LogP contribution in [-0.4, -0.2) is 21.8 Å². The van der Waals surface area contributed by atoms with Gasteiger partial charge in [0.15, 0.2) is 0 Å². The molecule has 4 nitrogen and oxygen atoms in total. The van der Waals surface area contributed by atoms with Gasteiger partial charge in [-0.05, 0) is 30.5 Å². The molecule has 2 amide bonds. The summed E-state index contributed by atoms with van der Waals surface area (Å²) in [5.74, 6) is -0.165. The second kappa shape index (κ2) is 4.44. The van der Waals surface area contributed by atoms with Gasteiger partial charge in [0.05, 0.1) is 6.54 Å². The fraction of sp³-hybridized carbons (Fsp3) is 0.429. The first-order chi connectivity index (χ1) is 8.40. The Labute approximate surface area is 106 Å². The zero-order valence-corrected chi connectivity index (χ0v) is 10.9. The maximum Gasteiger partial charge on any atom is 0.232 e. The van der Waals surface area contributed by atoms with Gasteiger partial charge in [-0.3, -0.25) is 14.5 Å². The van der Waals surface area contributed by atoms with Crippen LogP contribution in [0.2, 0.25) is 0 Å². The Hall–Kier alpha value is -1.84. The summed E-state index contributed by atoms with van der Waals surface area (Å²) in [4.78, 5) is 24.8. The fourth-order valence-corrected chi connectivity index (χ4v) is 2.33. The van der Waals surface area contributed by atoms with Gasteiger partial charge >= 0.3 is 0 Å². The van der Waals surface area contributed by atoms with Gasteiger partial charge in [-0.1, -0.05) is 19.1 Å². The highest BCUT2D eigenvalue weighted by Crippen LogP contribution is 2.26. The van der Waals surface area contributed by atoms with Gasteiger partial charge in [0, 0.05) is 12.3 Å². The molecule has 4 heteroatoms. The van der Waals surface area contributed by atoms with Gasteiger partial charge < -0.3 is 5.11 Å². The van der Waals surface area contributed by atoms with Crippen molar-refractivity contribution in [2.24, 2.45) is 5.92 Å². The third-order valence-electron chi connectivity index (χ3n) is 3.36. The number of amides is 2. The summed E-state index contributed by atoms with van der Waals surface area (Å²) < 4.78 is 0. The van der Waals surface area contributed by atoms with Crippen LogP contribution in [0.5, 0.6) is 5.75 Å². The molecular weight excluding hydrogens is 230 g/mol. The molecule has 1 atom stereocenters. The molecule has 96 valence electrons. The first kappa shape index (κ1) is 12.6. The summed E-state index contributed by atoms with van der Waals surface area (Å²) in [6, 6.07) is 3.62. The molecule has 1 aliphatic heterocycles. The van der Waals surface area contributed by atoms with Crippen molar-refractivity contribution < 1.29 is 14.7 Å². The summed E-state index contributed by atoms with van der Waals surface area (Å²) in [5, 5.41) is 9.69. The molecule has 0 bridgehead atoms. The number of aryl methyl sites for hydroxylation is 2. The molecule has 0 saturated carbocycles. The van der Waals surface area contributed by atoms with Gasteiger partial charge in [-0.15, -0.1) is 0 Å². The van der Waals surface area contributed by atoms with E-state index < -0.39 is 0 Å². The Morgan fingerprint density at radius 3 is 2.28 bits per heavy atom. The van der Waals surface area contributed by atoms with Crippen molar-refractivity contribution in [3.8, 4) is 5.75 Å². The Balaban J connectivity index is 2.25. The summed E-state index contributed by atoms with van der Waals surface area (Å²) >= 11 is 0. The van der Waals surface area contributed by atoms with Crippen LogP contribution >= 0.6 is 0 Å². The fourth-order valence-electron chi connectivity index (χ4n) is 2.33. The van der Waals surface area contributed by atoms with Crippen molar-refractivity contribution in [2.75, 3.05) is 0 Å². The van der Waals surface area contributed by atoms with E-state index in [1.54, 1.807) is 6.92 Å². The highest BCUT2D eigenvalue weighted by Gasteiger charge is 2.35. The van der Waals surface area contributed by atoms with Crippen LogP contribution in [0, 0.1) is 19.8 Å². The third kappa shape index (κ3) is 2.10. The number of phenols is 1. The van der Waals surface area contributed by atoms with Crippen molar-refractivity contribution in [2.45, 2.75) is 33.7 Å². The number of phenolic OH excluding ortho intramolecular Hbond substituents is 1. The quantitative estimate of drug-likeness (QED) is 0.812. The highest BCUT2D eigenvalue weighted by molar-refractivity contribution is 6.03. The Kier molecular flexibility index (Phi) is 3.11. The topological polar surface area (TPSA) is 57.6 Å². The van der Waals surface area contributed by atoms with Crippen LogP contribution in [0.3, 0.4) is 0 Å². The minimum atomic E-state index is -0.211. The van der Waals surface area contributed by atoms with Crippen LogP contribution in [0.15, 0.2) is 12.1 Å². The lowest BCUT2D eigenvalue weighted by molar-refractivity contribution is -0.139. The van der Waals surface area contributed by atoms with Crippen LogP contribution in [0.25, 0.3) is 0 Å². The zero-order valence-electron chi connectivity index (χ0n) is 10.9. The van der Waals surface area contributed by atoms with Gasteiger partial charge in [0.2, 0.25) is 11.8 Å². The smallest absolute Gasteiger partial charge is 0.232 e. The van der Waals surface area contributed by atoms with Crippen LogP contribution < -0.4 is 0 Å². The molecule has 1 unspecified atom stereocenters. The number of imide groups is 1. The second-order valence-electron chi connectivity index (χ2n) is 5.00. The minimum Gasteiger partial charge on any atom is -0.507 e. The molecule has 1 aliphatic rings. The maximum atomic E-state index is 11.8. The lowest BCUT2D eigenvalue weighted by atomic mass is 10.1. The van der Waals surface area contributed by atoms with Crippen molar-refractivity contribution in [1.82, 2.24) is 4.90 Å². The summed E-state index contributed by atoms with van der Waals surface area (Å²) in [7, 11) is 0. The van der Waals surface area contributed by atoms with Gasteiger partial charge in [-0.2, -0.15) is 0 Å². The van der Waals surface area contributed by atoms with E-state index in [1.807, 2.05) is 26.0 Å². The Bertz CT molecular complexity index is 499. The molecule has 0 radical (unpaired) electrons. The summed E-state index contributed by atoms with van der Waals surface area (Å²) in [6.07, 6.45) is 0.300. The molecule has 2 rings (SSSR count). The molecule has 0 spiro atoms. The number of likely N-dealkylation sites (tertiary alicyclic amines) is 1. The predicted molar refractivity (Wildman–Crippen MR) is 66.9 cm³/mol. The molecule has 1 saturated heterocycles. The number of benzene rings is 1. The maximum absolute atomic E-state index is 11.8. The van der Waals surface area contributed by atoms with E-state index in [0.717, 1.165) is 16.7 Å². The largest absolute Gasteiger partial charge is 0.507 e. The molecule has 0 aromatic heterocycles. The molecule has 18 heavy (non-hydrogen) atoms. The molecule has 1 heterocycles. The number of carbonyl (C=O) groups is 2. The normalized spacial score (nSPS) is 19.7. The van der Waals surface area contributed by atoms with Gasteiger partial charge in [-0.25, -0.2) is 0 Å². The van der Waals surface area contributed by atoms with Crippen molar-refractivity contribution in [1.29, 1.82) is 0 Å². The van der Waals surface area contributed by atoms with Crippen LogP contribution in [0.4, 0.5) is 0 Å². The average molecular weight is 247 g/mol. The van der Waals surface area contributed by atoms with Gasteiger partial charge in [0.25, 0.3) is 0 Å². The van der Waals surface area contributed by atoms with E-state index in [-0.39, 0.29) is 23.5 Å². The molecular formula is C14H17NO3. The molecule has 1 fully saturated rings. The Morgan fingerprint density at radius 2 is 1.83 bits per heavy atom. The van der Waals surface area contributed by atoms with Crippen molar-refractivity contribution >= 4 is 11.8 Å². The molecule has 1 aromatic rings.